The second-order valence-electron chi connectivity index (χ2n) is 6.70. The lowest BCUT2D eigenvalue weighted by Gasteiger charge is -2.20. The van der Waals surface area contributed by atoms with Gasteiger partial charge in [-0.2, -0.15) is 8.62 Å². The van der Waals surface area contributed by atoms with E-state index in [2.05, 4.69) is 34.7 Å². The summed E-state index contributed by atoms with van der Waals surface area (Å²) in [6.45, 7) is 2.03. The van der Waals surface area contributed by atoms with Gasteiger partial charge in [0.25, 0.3) is 0 Å². The second-order valence-corrected chi connectivity index (χ2v) is 11.5. The molecular formula is C13H21N6O12P3. The Morgan fingerprint density at radius 1 is 1.15 bits per heavy atom. The minimum absolute atomic E-state index is 0.0535. The molecule has 7 atom stereocenters. The van der Waals surface area contributed by atoms with Crippen LogP contribution in [0.4, 0.5) is 5.82 Å². The summed E-state index contributed by atoms with van der Waals surface area (Å²) in [4.78, 5) is 40.4. The fourth-order valence-electron chi connectivity index (χ4n) is 2.84. The molecular weight excluding hydrogens is 525 g/mol. The van der Waals surface area contributed by atoms with Gasteiger partial charge in [0.15, 0.2) is 17.7 Å². The zero-order valence-corrected chi connectivity index (χ0v) is 19.6. The van der Waals surface area contributed by atoms with Crippen LogP contribution in [0.5, 0.6) is 0 Å². The molecule has 18 nitrogen and oxygen atoms in total. The van der Waals surface area contributed by atoms with Gasteiger partial charge in [0.1, 0.15) is 30.2 Å². The molecule has 1 aliphatic rings. The number of nitrogen functional groups attached to an aromatic ring is 1. The van der Waals surface area contributed by atoms with E-state index in [4.69, 9.17) is 10.5 Å². The molecule has 2 aromatic rings. The molecule has 3 heterocycles. The second kappa shape index (κ2) is 10.2. The van der Waals surface area contributed by atoms with Gasteiger partial charge < -0.3 is 35.4 Å². The maximum Gasteiger partial charge on any atom is 0.489 e. The monoisotopic (exact) mass is 546 g/mol. The third-order valence-corrected chi connectivity index (χ3v) is 8.68. The number of phosphoric ester groups is 1. The van der Waals surface area contributed by atoms with Gasteiger partial charge in [-0.25, -0.2) is 33.7 Å². The lowest BCUT2D eigenvalue weighted by molar-refractivity contribution is -0.0503. The van der Waals surface area contributed by atoms with Crippen LogP contribution >= 0.6 is 23.4 Å². The van der Waals surface area contributed by atoms with Crippen molar-refractivity contribution < 1.29 is 56.5 Å². The zero-order valence-electron chi connectivity index (χ0n) is 17.0. The van der Waals surface area contributed by atoms with Gasteiger partial charge in [0, 0.05) is 6.54 Å². The molecule has 1 saturated heterocycles. The van der Waals surface area contributed by atoms with Crippen LogP contribution in [0, 0.1) is 0 Å². The van der Waals surface area contributed by atoms with E-state index < -0.39 is 54.5 Å². The third kappa shape index (κ3) is 6.33. The average Bonchev–Trinajstić information content (AvgIpc) is 3.26. The van der Waals surface area contributed by atoms with Gasteiger partial charge in [0.05, 0.1) is 12.9 Å². The molecule has 0 radical (unpaired) electrons. The highest BCUT2D eigenvalue weighted by Crippen LogP contribution is 2.66. The number of fused-ring (bicyclic) bond motifs is 1. The predicted molar refractivity (Wildman–Crippen MR) is 111 cm³/mol. The number of phosphoric acid groups is 2. The normalized spacial score (nSPS) is 28.3. The molecule has 3 rings (SSSR count). The highest BCUT2D eigenvalue weighted by Gasteiger charge is 2.47. The summed E-state index contributed by atoms with van der Waals surface area (Å²) in [6.07, 6.45) is -2.45. The molecule has 3 unspecified atom stereocenters. The molecule has 0 spiro atoms. The van der Waals surface area contributed by atoms with Crippen molar-refractivity contribution in [2.45, 2.75) is 24.5 Å². The van der Waals surface area contributed by atoms with E-state index in [-0.39, 0.29) is 23.5 Å². The summed E-state index contributed by atoms with van der Waals surface area (Å²) >= 11 is 0. The molecule has 1 aliphatic heterocycles. The number of nitrogens with two attached hydrogens (primary N) is 1. The van der Waals surface area contributed by atoms with E-state index in [1.807, 2.05) is 5.09 Å². The Hall–Kier alpha value is -1.62. The minimum atomic E-state index is -5.59. The van der Waals surface area contributed by atoms with E-state index in [9.17, 15) is 38.6 Å². The van der Waals surface area contributed by atoms with E-state index in [1.54, 1.807) is 0 Å². The van der Waals surface area contributed by atoms with Crippen LogP contribution < -0.4 is 10.8 Å². The number of imidazole rings is 1. The summed E-state index contributed by atoms with van der Waals surface area (Å²) < 4.78 is 54.7. The van der Waals surface area contributed by atoms with Crippen molar-refractivity contribution in [3.05, 3.63) is 25.3 Å². The molecule has 0 aromatic carbocycles. The minimum Gasteiger partial charge on any atom is -0.387 e. The summed E-state index contributed by atoms with van der Waals surface area (Å²) in [5, 5.41) is 22.4. The lowest BCUT2D eigenvalue weighted by Crippen LogP contribution is -2.33. The Bertz CT molecular complexity index is 1190. The lowest BCUT2D eigenvalue weighted by atomic mass is 10.1. The quantitative estimate of drug-likeness (QED) is 0.134. The first kappa shape index (κ1) is 27.0. The van der Waals surface area contributed by atoms with Crippen molar-refractivity contribution in [1.29, 1.82) is 0 Å². The number of rotatable bonds is 11. The van der Waals surface area contributed by atoms with Crippen molar-refractivity contribution in [3.63, 3.8) is 0 Å². The fraction of sp³-hybridized carbons (Fsp3) is 0.462. The average molecular weight is 546 g/mol. The smallest absolute Gasteiger partial charge is 0.387 e. The molecule has 34 heavy (non-hydrogen) atoms. The first-order chi connectivity index (χ1) is 15.8. The van der Waals surface area contributed by atoms with Crippen LogP contribution in [0.2, 0.25) is 0 Å². The number of hydrogen-bond acceptors (Lipinski definition) is 13. The van der Waals surface area contributed by atoms with E-state index in [1.165, 1.54) is 10.9 Å². The molecule has 190 valence electrons. The number of ether oxygens (including phenoxy) is 1. The van der Waals surface area contributed by atoms with Crippen LogP contribution in [0.15, 0.2) is 25.3 Å². The standard InChI is InChI=1S/C13H21N6O12P3/c1-2-3-18-32(22,23)30-34(26,27)31-33(24,25)28-4-7-9(20)10(21)13(29-7)19-6-17-8-11(14)15-5-16-12(8)19/h2,5-7,9-10,13,20-21H,1,3-4H2,(H,24,25)(H,26,27)(H2,14,15,16)(H2,18,22,23)/t7-,9-,10-,13-/m1/s1. The summed E-state index contributed by atoms with van der Waals surface area (Å²) in [7, 11) is -15.9. The highest BCUT2D eigenvalue weighted by molar-refractivity contribution is 7.67. The number of aliphatic hydroxyl groups excluding tert-OH is 2. The van der Waals surface area contributed by atoms with Crippen molar-refractivity contribution in [2.24, 2.45) is 0 Å². The number of aliphatic hydroxyl groups is 2. The molecule has 0 saturated carbocycles. The number of nitrogens with zero attached hydrogens (tertiary/aromatic N) is 4. The van der Waals surface area contributed by atoms with Crippen molar-refractivity contribution in [1.82, 2.24) is 24.6 Å². The molecule has 0 aliphatic carbocycles. The number of nitrogens with one attached hydrogen (secondary N) is 1. The summed E-state index contributed by atoms with van der Waals surface area (Å²) in [5.41, 5.74) is 6.06. The first-order valence-corrected chi connectivity index (χ1v) is 13.7. The van der Waals surface area contributed by atoms with Gasteiger partial charge in [0.2, 0.25) is 0 Å². The molecule has 0 amide bonds. The molecule has 0 bridgehead atoms. The Labute approximate surface area is 190 Å². The van der Waals surface area contributed by atoms with Crippen molar-refractivity contribution in [3.8, 4) is 0 Å². The summed E-state index contributed by atoms with van der Waals surface area (Å²) in [5.74, 6) is 0.0535. The Morgan fingerprint density at radius 2 is 1.85 bits per heavy atom. The van der Waals surface area contributed by atoms with Gasteiger partial charge in [-0.1, -0.05) is 6.08 Å². The Morgan fingerprint density at radius 3 is 2.53 bits per heavy atom. The van der Waals surface area contributed by atoms with Gasteiger partial charge in [-0.3, -0.25) is 9.09 Å². The van der Waals surface area contributed by atoms with Gasteiger partial charge >= 0.3 is 23.4 Å². The molecule has 8 N–H and O–H groups in total. The third-order valence-electron chi connectivity index (χ3n) is 4.26. The van der Waals surface area contributed by atoms with Crippen LogP contribution in [0.3, 0.4) is 0 Å². The molecule has 1 fully saturated rings. The van der Waals surface area contributed by atoms with Gasteiger partial charge in [-0.15, -0.1) is 6.58 Å². The van der Waals surface area contributed by atoms with Crippen LogP contribution in [-0.2, 0) is 31.6 Å². The maximum absolute atomic E-state index is 12.0. The Balaban J connectivity index is 1.64. The maximum atomic E-state index is 12.0. The predicted octanol–water partition coefficient (Wildman–Crippen LogP) is -0.846. The molecule has 2 aromatic heterocycles. The number of aromatic nitrogens is 4. The van der Waals surface area contributed by atoms with Crippen molar-refractivity contribution >= 4 is 40.4 Å². The zero-order chi connectivity index (χ0) is 25.3. The molecule has 21 heteroatoms. The van der Waals surface area contributed by atoms with Gasteiger partial charge in [-0.05, 0) is 0 Å². The SMILES string of the molecule is C=CCNP(=O)(O)OP(=O)(O)OP(=O)(O)OC[C@H]1O[C@@H](n2cnc3c(N)ncnc32)[C@H](O)[C@@H]1O. The first-order valence-electron chi connectivity index (χ1n) is 9.11. The van der Waals surface area contributed by atoms with E-state index in [0.29, 0.717) is 0 Å². The Kier molecular flexibility index (Phi) is 8.06. The number of anilines is 1. The van der Waals surface area contributed by atoms with E-state index >= 15 is 0 Å². The van der Waals surface area contributed by atoms with Crippen LogP contribution in [-0.4, -0.2) is 75.9 Å². The largest absolute Gasteiger partial charge is 0.489 e. The van der Waals surface area contributed by atoms with Crippen molar-refractivity contribution in [2.75, 3.05) is 18.9 Å². The highest BCUT2D eigenvalue weighted by atomic mass is 31.3. The topological polar surface area (TPSA) is 271 Å². The van der Waals surface area contributed by atoms with Crippen LogP contribution in [0.25, 0.3) is 11.2 Å². The fourth-order valence-corrected chi connectivity index (χ4v) is 6.50. The van der Waals surface area contributed by atoms with E-state index in [0.717, 1.165) is 12.4 Å². The summed E-state index contributed by atoms with van der Waals surface area (Å²) in [6, 6.07) is 0. The number of hydrogen-bond donors (Lipinski definition) is 7. The van der Waals surface area contributed by atoms with Crippen LogP contribution in [0.1, 0.15) is 6.23 Å².